The van der Waals surface area contributed by atoms with E-state index in [4.69, 9.17) is 21.4 Å². The molecule has 2 aromatic rings. The first-order valence-corrected chi connectivity index (χ1v) is 9.80. The number of pyridine rings is 1. The van der Waals surface area contributed by atoms with E-state index in [0.29, 0.717) is 29.4 Å². The number of hydrogen-bond acceptors (Lipinski definition) is 4. The maximum atomic E-state index is 14.0. The number of halogens is 2. The number of carboxylic acid groups (broad SMARTS) is 1. The van der Waals surface area contributed by atoms with Crippen molar-refractivity contribution in [1.82, 2.24) is 9.88 Å². The molecule has 1 aromatic carbocycles. The number of likely N-dealkylation sites (tertiary alicyclic amines) is 1. The van der Waals surface area contributed by atoms with Gasteiger partial charge in [-0.15, -0.1) is 0 Å². The minimum atomic E-state index is -0.767. The van der Waals surface area contributed by atoms with Crippen molar-refractivity contribution in [3.63, 3.8) is 0 Å². The summed E-state index contributed by atoms with van der Waals surface area (Å²) >= 11 is 5.80. The molecule has 0 radical (unpaired) electrons. The van der Waals surface area contributed by atoms with Gasteiger partial charge in [-0.3, -0.25) is 4.79 Å². The molecule has 150 valence electrons. The predicted octanol–water partition coefficient (Wildman–Crippen LogP) is 4.03. The van der Waals surface area contributed by atoms with Crippen LogP contribution >= 0.6 is 11.6 Å². The molecule has 3 rings (SSSR count). The summed E-state index contributed by atoms with van der Waals surface area (Å²) in [5.41, 5.74) is 1.27. The lowest BCUT2D eigenvalue weighted by Crippen LogP contribution is -2.41. The van der Waals surface area contributed by atoms with Crippen LogP contribution in [0.15, 0.2) is 36.4 Å². The van der Waals surface area contributed by atoms with E-state index in [2.05, 4.69) is 9.88 Å². The van der Waals surface area contributed by atoms with Crippen LogP contribution in [0.5, 0.6) is 5.88 Å². The Kier molecular flexibility index (Phi) is 6.86. The quantitative estimate of drug-likeness (QED) is 0.752. The van der Waals surface area contributed by atoms with E-state index in [-0.39, 0.29) is 17.8 Å². The van der Waals surface area contributed by atoms with Crippen LogP contribution in [0.2, 0.25) is 5.02 Å². The molecule has 0 bridgehead atoms. The zero-order chi connectivity index (χ0) is 20.1. The van der Waals surface area contributed by atoms with Crippen molar-refractivity contribution in [3.8, 4) is 5.88 Å². The Morgan fingerprint density at radius 1 is 1.36 bits per heavy atom. The molecule has 1 N–H and O–H groups in total. The van der Waals surface area contributed by atoms with Gasteiger partial charge in [0.25, 0.3) is 0 Å². The van der Waals surface area contributed by atoms with Gasteiger partial charge in [0.2, 0.25) is 5.88 Å². The van der Waals surface area contributed by atoms with Crippen LogP contribution in [0.1, 0.15) is 31.0 Å². The molecule has 1 aliphatic heterocycles. The van der Waals surface area contributed by atoms with Crippen molar-refractivity contribution < 1.29 is 19.0 Å². The topological polar surface area (TPSA) is 62.7 Å². The van der Waals surface area contributed by atoms with E-state index < -0.39 is 5.97 Å². The highest BCUT2D eigenvalue weighted by Gasteiger charge is 2.24. The van der Waals surface area contributed by atoms with Crippen molar-refractivity contribution in [2.45, 2.75) is 32.3 Å². The average Bonchev–Trinajstić information content (AvgIpc) is 2.66. The largest absolute Gasteiger partial charge is 0.481 e. The first-order chi connectivity index (χ1) is 13.4. The Balaban J connectivity index is 1.54. The number of ether oxygens (including phenoxy) is 1. The average molecular weight is 407 g/mol. The van der Waals surface area contributed by atoms with E-state index in [1.807, 2.05) is 12.1 Å². The molecular formula is C21H24ClFN2O3. The van der Waals surface area contributed by atoms with E-state index in [9.17, 15) is 9.18 Å². The molecule has 1 saturated heterocycles. The number of carboxylic acids is 1. The lowest BCUT2D eigenvalue weighted by molar-refractivity contribution is -0.141. The predicted molar refractivity (Wildman–Crippen MR) is 105 cm³/mol. The van der Waals surface area contributed by atoms with Gasteiger partial charge in [-0.05, 0) is 36.6 Å². The summed E-state index contributed by atoms with van der Waals surface area (Å²) in [6.07, 6.45) is 2.06. The molecule has 5 nitrogen and oxygen atoms in total. The second-order valence-corrected chi connectivity index (χ2v) is 7.67. The fourth-order valence-electron chi connectivity index (χ4n) is 3.33. The fraction of sp³-hybridized carbons (Fsp3) is 0.429. The highest BCUT2D eigenvalue weighted by molar-refractivity contribution is 6.30. The second kappa shape index (κ2) is 9.34. The van der Waals surface area contributed by atoms with Gasteiger partial charge in [-0.1, -0.05) is 30.7 Å². The molecule has 1 fully saturated rings. The standard InChI is InChI=1S/C21H24ClFN2O3/c1-14(21(26)27)13-25-9-7-18(8-10-25)28-20-4-2-3-17(24-20)11-15-5-6-16(22)12-19(15)23/h2-6,12,14,18H,7-11,13H2,1H3,(H,26,27)/t14-/m0/s1. The Hall–Kier alpha value is -2.18. The van der Waals surface area contributed by atoms with Crippen molar-refractivity contribution >= 4 is 17.6 Å². The lowest BCUT2D eigenvalue weighted by Gasteiger charge is -2.32. The van der Waals surface area contributed by atoms with Gasteiger partial charge < -0.3 is 14.7 Å². The zero-order valence-corrected chi connectivity index (χ0v) is 16.5. The van der Waals surface area contributed by atoms with Gasteiger partial charge >= 0.3 is 5.97 Å². The third kappa shape index (κ3) is 5.66. The van der Waals surface area contributed by atoms with E-state index in [1.165, 1.54) is 6.07 Å². The van der Waals surface area contributed by atoms with Crippen molar-refractivity contribution in [2.24, 2.45) is 5.92 Å². The van der Waals surface area contributed by atoms with Crippen LogP contribution in [0.25, 0.3) is 0 Å². The Bertz CT molecular complexity index is 825. The fourth-order valence-corrected chi connectivity index (χ4v) is 3.49. The van der Waals surface area contributed by atoms with Gasteiger partial charge in [0.05, 0.1) is 5.92 Å². The Morgan fingerprint density at radius 2 is 2.11 bits per heavy atom. The normalized spacial score (nSPS) is 16.7. The van der Waals surface area contributed by atoms with Gasteiger partial charge in [-0.2, -0.15) is 0 Å². The van der Waals surface area contributed by atoms with Crippen molar-refractivity contribution in [1.29, 1.82) is 0 Å². The number of hydrogen-bond donors (Lipinski definition) is 1. The molecule has 0 saturated carbocycles. The van der Waals surface area contributed by atoms with E-state index in [0.717, 1.165) is 31.6 Å². The summed E-state index contributed by atoms with van der Waals surface area (Å²) in [6, 6.07) is 10.1. The zero-order valence-electron chi connectivity index (χ0n) is 15.8. The summed E-state index contributed by atoms with van der Waals surface area (Å²) in [5.74, 6) is -0.951. The molecule has 1 aromatic heterocycles. The SMILES string of the molecule is C[C@@H](CN1CCC(Oc2cccc(Cc3ccc(Cl)cc3F)n2)CC1)C(=O)O. The van der Waals surface area contributed by atoms with Gasteiger partial charge in [0.1, 0.15) is 11.9 Å². The summed E-state index contributed by atoms with van der Waals surface area (Å²) < 4.78 is 20.0. The van der Waals surface area contributed by atoms with Gasteiger partial charge in [-0.25, -0.2) is 9.37 Å². The number of aromatic nitrogens is 1. The minimum absolute atomic E-state index is 0.0476. The molecule has 0 unspecified atom stereocenters. The molecule has 2 heterocycles. The smallest absolute Gasteiger partial charge is 0.307 e. The van der Waals surface area contributed by atoms with Crippen molar-refractivity contribution in [3.05, 3.63) is 58.5 Å². The number of nitrogens with zero attached hydrogens (tertiary/aromatic N) is 2. The van der Waals surface area contributed by atoms with Crippen molar-refractivity contribution in [2.75, 3.05) is 19.6 Å². The summed E-state index contributed by atoms with van der Waals surface area (Å²) in [7, 11) is 0. The Morgan fingerprint density at radius 3 is 2.79 bits per heavy atom. The van der Waals surface area contributed by atoms with E-state index in [1.54, 1.807) is 25.1 Å². The second-order valence-electron chi connectivity index (χ2n) is 7.24. The summed E-state index contributed by atoms with van der Waals surface area (Å²) in [6.45, 7) is 3.89. The lowest BCUT2D eigenvalue weighted by atomic mass is 10.1. The van der Waals surface area contributed by atoms with Crippen LogP contribution in [-0.4, -0.2) is 46.7 Å². The van der Waals surface area contributed by atoms with Crippen LogP contribution < -0.4 is 4.74 Å². The molecule has 1 atom stereocenters. The first-order valence-electron chi connectivity index (χ1n) is 9.42. The maximum Gasteiger partial charge on any atom is 0.307 e. The molecule has 1 aliphatic rings. The third-order valence-corrected chi connectivity index (χ3v) is 5.18. The molecular weight excluding hydrogens is 383 g/mol. The van der Waals surface area contributed by atoms with Crippen LogP contribution in [0.3, 0.4) is 0 Å². The maximum absolute atomic E-state index is 14.0. The number of carbonyl (C=O) groups is 1. The number of aliphatic carboxylic acids is 1. The third-order valence-electron chi connectivity index (χ3n) is 4.94. The van der Waals surface area contributed by atoms with Gasteiger partial charge in [0, 0.05) is 42.8 Å². The summed E-state index contributed by atoms with van der Waals surface area (Å²) in [5, 5.41) is 9.40. The van der Waals surface area contributed by atoms with Gasteiger partial charge in [0.15, 0.2) is 0 Å². The van der Waals surface area contributed by atoms with Crippen LogP contribution in [0, 0.1) is 11.7 Å². The molecule has 0 spiro atoms. The molecule has 28 heavy (non-hydrogen) atoms. The van der Waals surface area contributed by atoms with E-state index >= 15 is 0 Å². The molecule has 0 aliphatic carbocycles. The highest BCUT2D eigenvalue weighted by atomic mass is 35.5. The number of benzene rings is 1. The first kappa shape index (κ1) is 20.6. The minimum Gasteiger partial charge on any atom is -0.481 e. The monoisotopic (exact) mass is 406 g/mol. The number of piperidine rings is 1. The van der Waals surface area contributed by atoms with Crippen LogP contribution in [0.4, 0.5) is 4.39 Å². The Labute approximate surface area is 169 Å². The van der Waals surface area contributed by atoms with Crippen LogP contribution in [-0.2, 0) is 11.2 Å². The highest BCUT2D eigenvalue weighted by Crippen LogP contribution is 2.21. The number of rotatable bonds is 7. The summed E-state index contributed by atoms with van der Waals surface area (Å²) in [4.78, 5) is 17.7. The molecule has 0 amide bonds. The molecule has 7 heteroatoms.